The van der Waals surface area contributed by atoms with Crippen LogP contribution < -0.4 is 4.74 Å². The van der Waals surface area contributed by atoms with Crippen molar-refractivity contribution in [1.29, 1.82) is 0 Å². The third-order valence-corrected chi connectivity index (χ3v) is 3.32. The van der Waals surface area contributed by atoms with E-state index in [9.17, 15) is 0 Å². The monoisotopic (exact) mass is 290 g/mol. The fourth-order valence-corrected chi connectivity index (χ4v) is 2.24. The van der Waals surface area contributed by atoms with Crippen LogP contribution in [0.1, 0.15) is 30.4 Å². The van der Waals surface area contributed by atoms with Gasteiger partial charge in [0.05, 0.1) is 38.6 Å². The second-order valence-electron chi connectivity index (χ2n) is 4.96. The lowest BCUT2D eigenvalue weighted by atomic mass is 10.1. The van der Waals surface area contributed by atoms with E-state index in [0.717, 1.165) is 36.3 Å². The van der Waals surface area contributed by atoms with Crippen LogP contribution in [0.25, 0.3) is 0 Å². The van der Waals surface area contributed by atoms with E-state index in [1.165, 1.54) is 0 Å². The molecule has 2 rings (SSSR count). The number of hydrogen-bond acceptors (Lipinski definition) is 4. The van der Waals surface area contributed by atoms with Crippen LogP contribution in [0.15, 0.2) is 18.2 Å². The minimum atomic E-state index is 0.0690. The molecule has 114 valence electrons. The lowest BCUT2D eigenvalue weighted by Crippen LogP contribution is -2.13. The highest BCUT2D eigenvalue weighted by atomic mass is 16.5. The van der Waals surface area contributed by atoms with Gasteiger partial charge in [-0.15, -0.1) is 0 Å². The van der Waals surface area contributed by atoms with Gasteiger partial charge >= 0.3 is 0 Å². The number of aliphatic hydroxyl groups is 1. The van der Waals surface area contributed by atoms with Gasteiger partial charge in [-0.2, -0.15) is 0 Å². The molecular weight excluding hydrogens is 268 g/mol. The van der Waals surface area contributed by atoms with Crippen LogP contribution in [0.4, 0.5) is 0 Å². The first kappa shape index (κ1) is 15.8. The first-order chi connectivity index (χ1) is 10.3. The van der Waals surface area contributed by atoms with Gasteiger partial charge in [0.1, 0.15) is 5.75 Å². The maximum Gasteiger partial charge on any atom is 0.134 e. The molecule has 0 saturated carbocycles. The molecule has 4 heteroatoms. The molecule has 1 saturated heterocycles. The maximum atomic E-state index is 8.78. The zero-order chi connectivity index (χ0) is 14.9. The molecule has 1 aliphatic heterocycles. The summed E-state index contributed by atoms with van der Waals surface area (Å²) in [6, 6.07) is 5.85. The van der Waals surface area contributed by atoms with Gasteiger partial charge in [0.15, 0.2) is 0 Å². The highest BCUT2D eigenvalue weighted by Crippen LogP contribution is 2.20. The summed E-state index contributed by atoms with van der Waals surface area (Å²) in [7, 11) is 1.63. The van der Waals surface area contributed by atoms with Crippen molar-refractivity contribution in [3.8, 4) is 17.6 Å². The molecule has 1 N–H and O–H groups in total. The number of hydrogen-bond donors (Lipinski definition) is 1. The summed E-state index contributed by atoms with van der Waals surface area (Å²) in [4.78, 5) is 0. The molecule has 0 bridgehead atoms. The van der Waals surface area contributed by atoms with Crippen molar-refractivity contribution in [2.24, 2.45) is 0 Å². The summed E-state index contributed by atoms with van der Waals surface area (Å²) in [6.45, 7) is 2.09. The van der Waals surface area contributed by atoms with Crippen LogP contribution >= 0.6 is 0 Å². The highest BCUT2D eigenvalue weighted by molar-refractivity contribution is 5.48. The summed E-state index contributed by atoms with van der Waals surface area (Å²) in [5, 5.41) is 8.78. The van der Waals surface area contributed by atoms with Gasteiger partial charge in [-0.1, -0.05) is 17.9 Å². The number of benzene rings is 1. The van der Waals surface area contributed by atoms with Crippen molar-refractivity contribution in [3.05, 3.63) is 29.3 Å². The molecule has 0 radical (unpaired) electrons. The molecule has 1 unspecified atom stereocenters. The fraction of sp³-hybridized carbons (Fsp3) is 0.529. The molecular formula is C17H22O4. The molecule has 0 aliphatic carbocycles. The predicted octanol–water partition coefficient (Wildman–Crippen LogP) is 2.12. The summed E-state index contributed by atoms with van der Waals surface area (Å²) in [5.41, 5.74) is 1.88. The molecule has 0 amide bonds. The van der Waals surface area contributed by atoms with E-state index >= 15 is 0 Å². The summed E-state index contributed by atoms with van der Waals surface area (Å²) in [6.07, 6.45) is 2.91. The molecule has 4 nitrogen and oxygen atoms in total. The summed E-state index contributed by atoms with van der Waals surface area (Å²) in [5.74, 6) is 6.67. The molecule has 1 atom stereocenters. The average molecular weight is 290 g/mol. The molecule has 1 aromatic rings. The van der Waals surface area contributed by atoms with Crippen LogP contribution in [0.5, 0.6) is 5.75 Å². The van der Waals surface area contributed by atoms with Crippen LogP contribution in [-0.2, 0) is 16.1 Å². The number of aliphatic hydroxyl groups excluding tert-OH is 1. The van der Waals surface area contributed by atoms with E-state index in [4.69, 9.17) is 19.3 Å². The van der Waals surface area contributed by atoms with E-state index in [2.05, 4.69) is 11.8 Å². The van der Waals surface area contributed by atoms with Gasteiger partial charge < -0.3 is 19.3 Å². The van der Waals surface area contributed by atoms with Crippen molar-refractivity contribution >= 4 is 0 Å². The number of methoxy groups -OCH3 is 1. The highest BCUT2D eigenvalue weighted by Gasteiger charge is 2.15. The average Bonchev–Trinajstić information content (AvgIpc) is 3.01. The minimum absolute atomic E-state index is 0.0690. The van der Waals surface area contributed by atoms with Crippen LogP contribution in [-0.4, -0.2) is 38.1 Å². The van der Waals surface area contributed by atoms with E-state index < -0.39 is 0 Å². The molecule has 21 heavy (non-hydrogen) atoms. The van der Waals surface area contributed by atoms with Gasteiger partial charge in [0.2, 0.25) is 0 Å². The Labute approximate surface area is 126 Å². The Balaban J connectivity index is 1.93. The van der Waals surface area contributed by atoms with Crippen molar-refractivity contribution in [2.75, 3.05) is 26.9 Å². The zero-order valence-electron chi connectivity index (χ0n) is 12.4. The zero-order valence-corrected chi connectivity index (χ0v) is 12.4. The van der Waals surface area contributed by atoms with E-state index in [1.54, 1.807) is 7.11 Å². The molecule has 1 aliphatic rings. The lowest BCUT2D eigenvalue weighted by molar-refractivity contribution is 0.0106. The SMILES string of the molecule is COc1ccc(COCC2CCCO2)cc1C#CCCO. The first-order valence-corrected chi connectivity index (χ1v) is 7.29. The van der Waals surface area contributed by atoms with E-state index in [0.29, 0.717) is 19.6 Å². The Morgan fingerprint density at radius 3 is 3.05 bits per heavy atom. The summed E-state index contributed by atoms with van der Waals surface area (Å²) < 4.78 is 16.5. The number of ether oxygens (including phenoxy) is 3. The predicted molar refractivity (Wildman–Crippen MR) is 80.2 cm³/mol. The Kier molecular flexibility index (Phi) is 6.55. The van der Waals surface area contributed by atoms with E-state index in [1.807, 2.05) is 18.2 Å². The topological polar surface area (TPSA) is 47.9 Å². The maximum absolute atomic E-state index is 8.78. The van der Waals surface area contributed by atoms with E-state index in [-0.39, 0.29) is 12.7 Å². The molecule has 0 aromatic heterocycles. The van der Waals surface area contributed by atoms with Crippen molar-refractivity contribution < 1.29 is 19.3 Å². The van der Waals surface area contributed by atoms with Gasteiger partial charge in [-0.3, -0.25) is 0 Å². The third kappa shape index (κ3) is 5.05. The lowest BCUT2D eigenvalue weighted by Gasteiger charge is -2.11. The standard InChI is InChI=1S/C17H22O4/c1-19-17-8-7-14(11-15(17)5-2-3-9-18)12-20-13-16-6-4-10-21-16/h7-8,11,16,18H,3-4,6,9-10,12-13H2,1H3. The van der Waals surface area contributed by atoms with Gasteiger partial charge in [0, 0.05) is 13.0 Å². The van der Waals surface area contributed by atoms with Crippen LogP contribution in [0.2, 0.25) is 0 Å². The molecule has 0 spiro atoms. The van der Waals surface area contributed by atoms with Gasteiger partial charge in [-0.05, 0) is 30.5 Å². The van der Waals surface area contributed by atoms with Crippen molar-refractivity contribution in [2.45, 2.75) is 32.0 Å². The van der Waals surface area contributed by atoms with Crippen molar-refractivity contribution in [1.82, 2.24) is 0 Å². The Morgan fingerprint density at radius 1 is 1.43 bits per heavy atom. The Morgan fingerprint density at radius 2 is 2.33 bits per heavy atom. The molecule has 1 aromatic carbocycles. The quantitative estimate of drug-likeness (QED) is 0.815. The Hall–Kier alpha value is -1.54. The van der Waals surface area contributed by atoms with Gasteiger partial charge in [-0.25, -0.2) is 0 Å². The second-order valence-corrected chi connectivity index (χ2v) is 4.96. The largest absolute Gasteiger partial charge is 0.495 e. The Bertz CT molecular complexity index is 495. The van der Waals surface area contributed by atoms with Crippen LogP contribution in [0.3, 0.4) is 0 Å². The second kappa shape index (κ2) is 8.68. The van der Waals surface area contributed by atoms with Gasteiger partial charge in [0.25, 0.3) is 0 Å². The fourth-order valence-electron chi connectivity index (χ4n) is 2.24. The smallest absolute Gasteiger partial charge is 0.134 e. The third-order valence-electron chi connectivity index (χ3n) is 3.32. The number of rotatable bonds is 6. The van der Waals surface area contributed by atoms with Crippen molar-refractivity contribution in [3.63, 3.8) is 0 Å². The van der Waals surface area contributed by atoms with Crippen LogP contribution in [0, 0.1) is 11.8 Å². The molecule has 1 heterocycles. The summed E-state index contributed by atoms with van der Waals surface area (Å²) >= 11 is 0. The first-order valence-electron chi connectivity index (χ1n) is 7.29. The normalized spacial score (nSPS) is 17.3. The molecule has 1 fully saturated rings. The minimum Gasteiger partial charge on any atom is -0.495 e.